The summed E-state index contributed by atoms with van der Waals surface area (Å²) >= 11 is 1.36. The van der Waals surface area contributed by atoms with Crippen molar-refractivity contribution >= 4 is 23.4 Å². The van der Waals surface area contributed by atoms with Gasteiger partial charge in [-0.25, -0.2) is 4.39 Å². The first-order valence-corrected chi connectivity index (χ1v) is 10.6. The van der Waals surface area contributed by atoms with Crippen molar-refractivity contribution in [1.29, 1.82) is 0 Å². The number of ether oxygens (including phenoxy) is 1. The van der Waals surface area contributed by atoms with Gasteiger partial charge in [-0.15, -0.1) is 10.2 Å². The molecular weight excluding hydrogens is 405 g/mol. The Bertz CT molecular complexity index is 1000. The number of hydrogen-bond donors (Lipinski definition) is 0. The summed E-state index contributed by atoms with van der Waals surface area (Å²) in [6, 6.07) is 14.1. The van der Waals surface area contributed by atoms with Gasteiger partial charge in [0.05, 0.1) is 18.6 Å². The first-order valence-electron chi connectivity index (χ1n) is 9.60. The Morgan fingerprint density at radius 2 is 1.83 bits per heavy atom. The molecule has 156 valence electrons. The molecule has 0 spiro atoms. The number of aromatic nitrogens is 3. The summed E-state index contributed by atoms with van der Waals surface area (Å²) < 4.78 is 20.3. The van der Waals surface area contributed by atoms with Crippen molar-refractivity contribution in [3.8, 4) is 11.4 Å². The van der Waals surface area contributed by atoms with E-state index in [0.29, 0.717) is 24.0 Å². The molecule has 0 aliphatic carbocycles. The highest BCUT2D eigenvalue weighted by molar-refractivity contribution is 7.99. The van der Waals surface area contributed by atoms with Crippen molar-refractivity contribution in [2.75, 3.05) is 43.9 Å². The van der Waals surface area contributed by atoms with Gasteiger partial charge in [0, 0.05) is 31.9 Å². The van der Waals surface area contributed by atoms with Crippen LogP contribution in [0.3, 0.4) is 0 Å². The molecule has 0 atom stereocenters. The Hall–Kier alpha value is -3.07. The average Bonchev–Trinajstić information content (AvgIpc) is 3.26. The molecule has 0 N–H and O–H groups in total. The predicted octanol–water partition coefficient (Wildman–Crippen LogP) is 2.86. The lowest BCUT2D eigenvalue weighted by atomic mass is 10.2. The number of anilines is 1. The molecule has 1 aliphatic rings. The Kier molecular flexibility index (Phi) is 6.18. The second kappa shape index (κ2) is 9.17. The van der Waals surface area contributed by atoms with E-state index in [0.717, 1.165) is 24.5 Å². The number of hydrogen-bond acceptors (Lipinski definition) is 6. The zero-order chi connectivity index (χ0) is 20.9. The lowest BCUT2D eigenvalue weighted by Crippen LogP contribution is -2.49. The number of benzene rings is 2. The lowest BCUT2D eigenvalue weighted by molar-refractivity contribution is -0.128. The summed E-state index contributed by atoms with van der Waals surface area (Å²) in [6.07, 6.45) is 1.62. The number of piperazine rings is 1. The molecule has 2 heterocycles. The number of methoxy groups -OCH3 is 1. The minimum Gasteiger partial charge on any atom is -0.495 e. The van der Waals surface area contributed by atoms with E-state index in [9.17, 15) is 9.18 Å². The maximum Gasteiger partial charge on any atom is 0.233 e. The van der Waals surface area contributed by atoms with E-state index >= 15 is 0 Å². The Labute approximate surface area is 178 Å². The normalized spacial score (nSPS) is 14.1. The SMILES string of the molecule is COc1ccccc1-n1cnnc1SCC(=O)N1CCN(c2ccc(F)cc2)CC1. The molecule has 30 heavy (non-hydrogen) atoms. The van der Waals surface area contributed by atoms with E-state index in [1.807, 2.05) is 33.7 Å². The third-order valence-electron chi connectivity index (χ3n) is 5.01. The zero-order valence-corrected chi connectivity index (χ0v) is 17.4. The number of carbonyl (C=O) groups is 1. The highest BCUT2D eigenvalue weighted by Crippen LogP contribution is 2.27. The van der Waals surface area contributed by atoms with Gasteiger partial charge in [0.2, 0.25) is 5.91 Å². The number of carbonyl (C=O) groups excluding carboxylic acids is 1. The minimum absolute atomic E-state index is 0.0633. The first kappa shape index (κ1) is 20.2. The van der Waals surface area contributed by atoms with Gasteiger partial charge in [0.25, 0.3) is 0 Å². The largest absolute Gasteiger partial charge is 0.495 e. The van der Waals surface area contributed by atoms with Gasteiger partial charge in [0.15, 0.2) is 5.16 Å². The maximum atomic E-state index is 13.1. The monoisotopic (exact) mass is 427 g/mol. The van der Waals surface area contributed by atoms with Gasteiger partial charge in [0.1, 0.15) is 17.9 Å². The summed E-state index contributed by atoms with van der Waals surface area (Å²) in [6.45, 7) is 2.71. The van der Waals surface area contributed by atoms with Gasteiger partial charge in [-0.2, -0.15) is 0 Å². The van der Waals surface area contributed by atoms with Gasteiger partial charge >= 0.3 is 0 Å². The number of para-hydroxylation sites is 2. The minimum atomic E-state index is -0.245. The molecule has 1 aromatic heterocycles. The molecule has 0 radical (unpaired) electrons. The van der Waals surface area contributed by atoms with Gasteiger partial charge in [-0.3, -0.25) is 9.36 Å². The van der Waals surface area contributed by atoms with Gasteiger partial charge in [-0.05, 0) is 36.4 Å². The van der Waals surface area contributed by atoms with Crippen LogP contribution >= 0.6 is 11.8 Å². The third-order valence-corrected chi connectivity index (χ3v) is 5.94. The molecule has 0 unspecified atom stereocenters. The second-order valence-electron chi connectivity index (χ2n) is 6.79. The van der Waals surface area contributed by atoms with E-state index in [1.165, 1.54) is 23.9 Å². The molecule has 2 aromatic carbocycles. The highest BCUT2D eigenvalue weighted by atomic mass is 32.2. The molecule has 1 fully saturated rings. The van der Waals surface area contributed by atoms with Gasteiger partial charge < -0.3 is 14.5 Å². The molecule has 0 bridgehead atoms. The van der Waals surface area contributed by atoms with E-state index in [1.54, 1.807) is 25.6 Å². The fraction of sp³-hybridized carbons (Fsp3) is 0.286. The molecule has 3 aromatic rings. The summed E-state index contributed by atoms with van der Waals surface area (Å²) in [5.74, 6) is 0.811. The fourth-order valence-corrected chi connectivity index (χ4v) is 4.22. The standard InChI is InChI=1S/C21H22FN5O2S/c1-29-19-5-3-2-4-18(19)27-15-23-24-21(27)30-14-20(28)26-12-10-25(11-13-26)17-8-6-16(22)7-9-17/h2-9,15H,10-14H2,1H3. The molecule has 7 nitrogen and oxygen atoms in total. The zero-order valence-electron chi connectivity index (χ0n) is 16.6. The molecule has 1 aliphatic heterocycles. The highest BCUT2D eigenvalue weighted by Gasteiger charge is 2.22. The van der Waals surface area contributed by atoms with Crippen molar-refractivity contribution in [2.45, 2.75) is 5.16 Å². The van der Waals surface area contributed by atoms with Crippen molar-refractivity contribution in [3.63, 3.8) is 0 Å². The summed E-state index contributed by atoms with van der Waals surface area (Å²) in [5, 5.41) is 8.78. The van der Waals surface area contributed by atoms with E-state index in [-0.39, 0.29) is 17.5 Å². The van der Waals surface area contributed by atoms with Crippen LogP contribution in [0, 0.1) is 5.82 Å². The Morgan fingerprint density at radius 3 is 2.57 bits per heavy atom. The van der Waals surface area contributed by atoms with Crippen molar-refractivity contribution < 1.29 is 13.9 Å². The number of halogens is 1. The van der Waals surface area contributed by atoms with Crippen LogP contribution in [-0.2, 0) is 4.79 Å². The van der Waals surface area contributed by atoms with Crippen LogP contribution in [0.1, 0.15) is 0 Å². The van der Waals surface area contributed by atoms with E-state index in [4.69, 9.17) is 4.74 Å². The van der Waals surface area contributed by atoms with Crippen LogP contribution in [0.25, 0.3) is 5.69 Å². The van der Waals surface area contributed by atoms with Crippen LogP contribution in [0.2, 0.25) is 0 Å². The molecule has 0 saturated carbocycles. The van der Waals surface area contributed by atoms with Crippen LogP contribution in [0.5, 0.6) is 5.75 Å². The van der Waals surface area contributed by atoms with Crippen LogP contribution in [0.4, 0.5) is 10.1 Å². The lowest BCUT2D eigenvalue weighted by Gasteiger charge is -2.36. The summed E-state index contributed by atoms with van der Waals surface area (Å²) in [4.78, 5) is 16.7. The molecule has 1 saturated heterocycles. The van der Waals surface area contributed by atoms with E-state index < -0.39 is 0 Å². The smallest absolute Gasteiger partial charge is 0.233 e. The Morgan fingerprint density at radius 1 is 1.10 bits per heavy atom. The number of nitrogens with zero attached hydrogens (tertiary/aromatic N) is 5. The maximum absolute atomic E-state index is 13.1. The first-order chi connectivity index (χ1) is 14.7. The molecule has 9 heteroatoms. The van der Waals surface area contributed by atoms with Crippen molar-refractivity contribution in [1.82, 2.24) is 19.7 Å². The second-order valence-corrected chi connectivity index (χ2v) is 7.73. The molecular formula is C21H22FN5O2S. The quantitative estimate of drug-likeness (QED) is 0.564. The van der Waals surface area contributed by atoms with Crippen molar-refractivity contribution in [2.24, 2.45) is 0 Å². The third kappa shape index (κ3) is 4.40. The average molecular weight is 428 g/mol. The Balaban J connectivity index is 1.34. The van der Waals surface area contributed by atoms with Gasteiger partial charge in [-0.1, -0.05) is 23.9 Å². The number of amides is 1. The molecule has 4 rings (SSSR count). The van der Waals surface area contributed by atoms with Crippen LogP contribution in [0.15, 0.2) is 60.0 Å². The van der Waals surface area contributed by atoms with Crippen LogP contribution < -0.4 is 9.64 Å². The molecule has 1 amide bonds. The summed E-state index contributed by atoms with van der Waals surface area (Å²) in [7, 11) is 1.62. The fourth-order valence-electron chi connectivity index (χ4n) is 3.40. The predicted molar refractivity (Wildman–Crippen MR) is 114 cm³/mol. The van der Waals surface area contributed by atoms with Crippen molar-refractivity contribution in [3.05, 3.63) is 60.7 Å². The summed E-state index contributed by atoms with van der Waals surface area (Å²) in [5.41, 5.74) is 1.80. The number of thioether (sulfide) groups is 1. The van der Waals surface area contributed by atoms with E-state index in [2.05, 4.69) is 15.1 Å². The van der Waals surface area contributed by atoms with Crippen LogP contribution in [-0.4, -0.2) is 64.6 Å². The topological polar surface area (TPSA) is 63.5 Å². The number of rotatable bonds is 6.